The zero-order valence-electron chi connectivity index (χ0n) is 22.6. The van der Waals surface area contributed by atoms with Crippen LogP contribution in [0.4, 0.5) is 0 Å². The average Bonchev–Trinajstić information content (AvgIpc) is 3.26. The Morgan fingerprint density at radius 1 is 0.925 bits per heavy atom. The number of hydrogen-bond donors (Lipinski definition) is 0. The number of ether oxygens (including phenoxy) is 3. The number of aryl methyl sites for hydroxylation is 1. The number of allylic oxidation sites excluding steroid dienone is 1. The largest absolute Gasteiger partial charge is 0.490 e. The van der Waals surface area contributed by atoms with E-state index in [2.05, 4.69) is 4.99 Å². The van der Waals surface area contributed by atoms with Gasteiger partial charge in [-0.2, -0.15) is 0 Å². The Labute approximate surface area is 236 Å². The van der Waals surface area contributed by atoms with Gasteiger partial charge in [-0.05, 0) is 62.2 Å². The third-order valence-electron chi connectivity index (χ3n) is 6.45. The van der Waals surface area contributed by atoms with E-state index in [1.807, 2.05) is 91.9 Å². The first-order chi connectivity index (χ1) is 19.4. The number of thiazole rings is 1. The standard InChI is InChI=1S/C32H30N2O5S/c1-4-37-31(36)28-22(3)33-32-34(29(28)24-8-6-5-7-9-24)30(35)27(40-32)20-23-12-16-26(17-13-23)39-19-18-38-25-14-10-21(2)11-15-25/h5-17,20,29H,4,18-19H2,1-3H3/b27-20+/t29-/m1/s1. The fraction of sp³-hybridized carbons (Fsp3) is 0.219. The molecule has 4 aromatic rings. The lowest BCUT2D eigenvalue weighted by Gasteiger charge is -2.24. The molecule has 1 aliphatic heterocycles. The molecule has 3 aromatic carbocycles. The highest BCUT2D eigenvalue weighted by Crippen LogP contribution is 2.30. The highest BCUT2D eigenvalue weighted by Gasteiger charge is 2.33. The Balaban J connectivity index is 1.37. The molecule has 0 spiro atoms. The van der Waals surface area contributed by atoms with Crippen LogP contribution in [0.25, 0.3) is 6.08 Å². The number of hydrogen-bond acceptors (Lipinski definition) is 7. The van der Waals surface area contributed by atoms with Gasteiger partial charge in [0, 0.05) is 0 Å². The minimum Gasteiger partial charge on any atom is -0.490 e. The Bertz CT molecular complexity index is 1700. The Morgan fingerprint density at radius 2 is 1.55 bits per heavy atom. The molecule has 0 radical (unpaired) electrons. The van der Waals surface area contributed by atoms with Crippen molar-refractivity contribution in [2.45, 2.75) is 26.8 Å². The van der Waals surface area contributed by atoms with E-state index in [4.69, 9.17) is 14.2 Å². The molecule has 1 aromatic heterocycles. The Kier molecular flexibility index (Phi) is 8.26. The van der Waals surface area contributed by atoms with Crippen LogP contribution < -0.4 is 24.4 Å². The van der Waals surface area contributed by atoms with Gasteiger partial charge in [-0.3, -0.25) is 9.36 Å². The summed E-state index contributed by atoms with van der Waals surface area (Å²) in [5, 5.41) is 0. The molecule has 0 aliphatic carbocycles. The van der Waals surface area contributed by atoms with Gasteiger partial charge in [0.1, 0.15) is 24.7 Å². The second-order valence-electron chi connectivity index (χ2n) is 9.29. The van der Waals surface area contributed by atoms with E-state index in [1.165, 1.54) is 16.9 Å². The summed E-state index contributed by atoms with van der Waals surface area (Å²) in [6.45, 7) is 6.66. The molecule has 1 aliphatic rings. The minimum atomic E-state index is -0.614. The van der Waals surface area contributed by atoms with Crippen molar-refractivity contribution in [3.63, 3.8) is 0 Å². The molecule has 204 valence electrons. The summed E-state index contributed by atoms with van der Waals surface area (Å²) in [6.07, 6.45) is 1.83. The SMILES string of the molecule is CCOC(=O)C1=C(C)N=c2s/c(=C/c3ccc(OCCOc4ccc(C)cc4)cc3)c(=O)n2[C@@H]1c1ccccc1. The maximum absolute atomic E-state index is 13.7. The smallest absolute Gasteiger partial charge is 0.338 e. The molecule has 2 heterocycles. The van der Waals surface area contributed by atoms with Crippen LogP contribution in [0.5, 0.6) is 11.5 Å². The highest BCUT2D eigenvalue weighted by atomic mass is 32.1. The summed E-state index contributed by atoms with van der Waals surface area (Å²) in [5.74, 6) is 1.06. The van der Waals surface area contributed by atoms with E-state index in [0.717, 1.165) is 16.9 Å². The van der Waals surface area contributed by atoms with Gasteiger partial charge >= 0.3 is 5.97 Å². The molecule has 7 nitrogen and oxygen atoms in total. The van der Waals surface area contributed by atoms with Crippen LogP contribution in [-0.2, 0) is 9.53 Å². The van der Waals surface area contributed by atoms with Crippen molar-refractivity contribution in [1.82, 2.24) is 4.57 Å². The predicted octanol–water partition coefficient (Wildman–Crippen LogP) is 4.56. The fourth-order valence-corrected chi connectivity index (χ4v) is 5.55. The van der Waals surface area contributed by atoms with E-state index >= 15 is 0 Å². The summed E-state index contributed by atoms with van der Waals surface area (Å²) in [4.78, 5) is 31.8. The van der Waals surface area contributed by atoms with E-state index in [0.29, 0.717) is 39.6 Å². The van der Waals surface area contributed by atoms with Gasteiger partial charge in [0.15, 0.2) is 4.80 Å². The van der Waals surface area contributed by atoms with E-state index in [9.17, 15) is 9.59 Å². The molecule has 0 bridgehead atoms. The third-order valence-corrected chi connectivity index (χ3v) is 7.43. The van der Waals surface area contributed by atoms with Crippen molar-refractivity contribution in [1.29, 1.82) is 0 Å². The van der Waals surface area contributed by atoms with Crippen LogP contribution in [0, 0.1) is 6.92 Å². The normalized spacial score (nSPS) is 14.9. The van der Waals surface area contributed by atoms with Crippen LogP contribution in [0.1, 0.15) is 36.6 Å². The molecular weight excluding hydrogens is 524 g/mol. The van der Waals surface area contributed by atoms with Crippen molar-refractivity contribution >= 4 is 23.4 Å². The first-order valence-corrected chi connectivity index (χ1v) is 13.9. The summed E-state index contributed by atoms with van der Waals surface area (Å²) in [6, 6.07) is 24.3. The average molecular weight is 555 g/mol. The number of benzene rings is 3. The van der Waals surface area contributed by atoms with Crippen LogP contribution in [-0.4, -0.2) is 30.4 Å². The monoisotopic (exact) mass is 554 g/mol. The van der Waals surface area contributed by atoms with Crippen LogP contribution >= 0.6 is 11.3 Å². The zero-order valence-corrected chi connectivity index (χ0v) is 23.4. The van der Waals surface area contributed by atoms with E-state index < -0.39 is 12.0 Å². The Morgan fingerprint density at radius 3 is 2.17 bits per heavy atom. The van der Waals surface area contributed by atoms with Gasteiger partial charge in [-0.1, -0.05) is 71.5 Å². The van der Waals surface area contributed by atoms with Gasteiger partial charge in [0.05, 0.1) is 28.5 Å². The third kappa shape index (κ3) is 5.92. The molecule has 8 heteroatoms. The van der Waals surface area contributed by atoms with Gasteiger partial charge in [0.25, 0.3) is 5.56 Å². The number of carbonyl (C=O) groups is 1. The molecule has 5 rings (SSSR count). The number of esters is 1. The van der Waals surface area contributed by atoms with Crippen LogP contribution in [0.15, 0.2) is 99.9 Å². The molecule has 0 saturated carbocycles. The van der Waals surface area contributed by atoms with Crippen LogP contribution in [0.2, 0.25) is 0 Å². The highest BCUT2D eigenvalue weighted by molar-refractivity contribution is 7.07. The predicted molar refractivity (Wildman–Crippen MR) is 155 cm³/mol. The summed E-state index contributed by atoms with van der Waals surface area (Å²) < 4.78 is 19.0. The molecule has 0 unspecified atom stereocenters. The van der Waals surface area contributed by atoms with Crippen molar-refractivity contribution in [3.8, 4) is 11.5 Å². The fourth-order valence-electron chi connectivity index (χ4n) is 4.51. The lowest BCUT2D eigenvalue weighted by Crippen LogP contribution is -2.39. The van der Waals surface area contributed by atoms with Crippen molar-refractivity contribution in [3.05, 3.63) is 127 Å². The maximum Gasteiger partial charge on any atom is 0.338 e. The number of rotatable bonds is 9. The topological polar surface area (TPSA) is 79.1 Å². The molecule has 0 amide bonds. The van der Waals surface area contributed by atoms with Gasteiger partial charge in [-0.15, -0.1) is 0 Å². The van der Waals surface area contributed by atoms with Gasteiger partial charge in [0.2, 0.25) is 0 Å². The van der Waals surface area contributed by atoms with Gasteiger partial charge < -0.3 is 14.2 Å². The zero-order chi connectivity index (χ0) is 28.1. The first kappa shape index (κ1) is 27.1. The van der Waals surface area contributed by atoms with Crippen LogP contribution in [0.3, 0.4) is 0 Å². The molecule has 40 heavy (non-hydrogen) atoms. The van der Waals surface area contributed by atoms with E-state index in [1.54, 1.807) is 18.4 Å². The Hall–Kier alpha value is -4.43. The van der Waals surface area contributed by atoms with Gasteiger partial charge in [-0.25, -0.2) is 9.79 Å². The molecular formula is C32H30N2O5S. The minimum absolute atomic E-state index is 0.208. The molecule has 1 atom stereocenters. The second kappa shape index (κ2) is 12.2. The number of fused-ring (bicyclic) bond motifs is 1. The number of aromatic nitrogens is 1. The summed E-state index contributed by atoms with van der Waals surface area (Å²) in [5.41, 5.74) is 3.57. The quantitative estimate of drug-likeness (QED) is 0.224. The lowest BCUT2D eigenvalue weighted by molar-refractivity contribution is -0.139. The number of carbonyl (C=O) groups excluding carboxylic acids is 1. The van der Waals surface area contributed by atoms with Crippen molar-refractivity contribution in [2.24, 2.45) is 4.99 Å². The maximum atomic E-state index is 13.7. The summed E-state index contributed by atoms with van der Waals surface area (Å²) in [7, 11) is 0. The second-order valence-corrected chi connectivity index (χ2v) is 10.3. The summed E-state index contributed by atoms with van der Waals surface area (Å²) >= 11 is 1.30. The molecule has 0 fully saturated rings. The lowest BCUT2D eigenvalue weighted by atomic mass is 9.96. The van der Waals surface area contributed by atoms with E-state index in [-0.39, 0.29) is 12.2 Å². The molecule has 0 N–H and O–H groups in total. The first-order valence-electron chi connectivity index (χ1n) is 13.1. The number of nitrogens with zero attached hydrogens (tertiary/aromatic N) is 2. The van der Waals surface area contributed by atoms with Crippen molar-refractivity contribution in [2.75, 3.05) is 19.8 Å². The van der Waals surface area contributed by atoms with Crippen molar-refractivity contribution < 1.29 is 19.0 Å². The molecule has 0 saturated heterocycles.